The number of benzene rings is 2. The van der Waals surface area contributed by atoms with Crippen molar-refractivity contribution in [3.05, 3.63) is 95.7 Å². The van der Waals surface area contributed by atoms with E-state index in [0.29, 0.717) is 24.0 Å². The van der Waals surface area contributed by atoms with Crippen LogP contribution in [0.15, 0.2) is 73.2 Å². The Morgan fingerprint density at radius 3 is 2.33 bits per heavy atom. The van der Waals surface area contributed by atoms with Gasteiger partial charge < -0.3 is 10.6 Å². The first-order valence-corrected chi connectivity index (χ1v) is 9.88. The predicted octanol–water partition coefficient (Wildman–Crippen LogP) is 4.43. The number of aromatic nitrogens is 4. The molecule has 0 saturated heterocycles. The number of rotatable bonds is 6. The Balaban J connectivity index is 1.30. The van der Waals surface area contributed by atoms with E-state index in [1.54, 1.807) is 23.0 Å². The topological polar surface area (TPSA) is 59.7 Å². The van der Waals surface area contributed by atoms with Crippen LogP contribution in [0.25, 0.3) is 0 Å². The van der Waals surface area contributed by atoms with Gasteiger partial charge in [-0.15, -0.1) is 0 Å². The molecule has 2 heterocycles. The van der Waals surface area contributed by atoms with E-state index < -0.39 is 0 Å². The van der Waals surface area contributed by atoms with Crippen LogP contribution in [0, 0.1) is 12.7 Å². The highest BCUT2D eigenvalue weighted by molar-refractivity contribution is 7.80. The van der Waals surface area contributed by atoms with Gasteiger partial charge in [-0.3, -0.25) is 9.36 Å². The average molecular weight is 421 g/mol. The van der Waals surface area contributed by atoms with Gasteiger partial charge >= 0.3 is 0 Å². The first kappa shape index (κ1) is 19.8. The van der Waals surface area contributed by atoms with Gasteiger partial charge in [0.2, 0.25) is 0 Å². The first-order valence-electron chi connectivity index (χ1n) is 9.47. The summed E-state index contributed by atoms with van der Waals surface area (Å²) in [6.45, 7) is 3.31. The molecule has 0 aliphatic rings. The van der Waals surface area contributed by atoms with Crippen LogP contribution >= 0.6 is 12.2 Å². The monoisotopic (exact) mass is 420 g/mol. The van der Waals surface area contributed by atoms with E-state index >= 15 is 0 Å². The van der Waals surface area contributed by atoms with E-state index in [9.17, 15) is 4.39 Å². The molecule has 0 radical (unpaired) electrons. The highest BCUT2D eigenvalue weighted by Crippen LogP contribution is 2.11. The van der Waals surface area contributed by atoms with E-state index in [-0.39, 0.29) is 5.82 Å². The molecule has 0 aliphatic heterocycles. The largest absolute Gasteiger partial charge is 0.330 e. The zero-order chi connectivity index (χ0) is 20.9. The summed E-state index contributed by atoms with van der Waals surface area (Å²) >= 11 is 5.37. The third-order valence-corrected chi connectivity index (χ3v) is 4.70. The first-order chi connectivity index (χ1) is 14.5. The molecule has 30 heavy (non-hydrogen) atoms. The lowest BCUT2D eigenvalue weighted by Gasteiger charge is -2.06. The van der Waals surface area contributed by atoms with Crippen molar-refractivity contribution in [3.8, 4) is 0 Å². The van der Waals surface area contributed by atoms with Gasteiger partial charge in [-0.05, 0) is 42.4 Å². The molecule has 0 spiro atoms. The van der Waals surface area contributed by atoms with Gasteiger partial charge in [0, 0.05) is 18.5 Å². The standard InChI is InChI=1S/C22H21FN6S/c1-16-2-4-17(5-3-16)14-29-15-20(12-24-29)25-22(30)26-21-10-11-28(27-21)13-18-6-8-19(23)9-7-18/h2-12,15H,13-14H2,1H3,(H2,25,26,27,30). The van der Waals surface area contributed by atoms with Crippen molar-refractivity contribution in [2.45, 2.75) is 20.0 Å². The molecule has 0 bridgehead atoms. The lowest BCUT2D eigenvalue weighted by atomic mass is 10.1. The number of halogens is 1. The summed E-state index contributed by atoms with van der Waals surface area (Å²) in [5.74, 6) is 0.377. The van der Waals surface area contributed by atoms with Crippen molar-refractivity contribution in [2.24, 2.45) is 0 Å². The molecule has 2 N–H and O–H groups in total. The van der Waals surface area contributed by atoms with E-state index in [0.717, 1.165) is 11.3 Å². The number of hydrogen-bond acceptors (Lipinski definition) is 3. The molecule has 152 valence electrons. The van der Waals surface area contributed by atoms with E-state index in [2.05, 4.69) is 52.0 Å². The van der Waals surface area contributed by atoms with Crippen LogP contribution in [0.1, 0.15) is 16.7 Å². The fraction of sp³-hybridized carbons (Fsp3) is 0.136. The molecule has 0 unspecified atom stereocenters. The highest BCUT2D eigenvalue weighted by atomic mass is 32.1. The lowest BCUT2D eigenvalue weighted by Crippen LogP contribution is -2.19. The van der Waals surface area contributed by atoms with E-state index in [1.807, 2.05) is 23.1 Å². The van der Waals surface area contributed by atoms with Crippen LogP contribution < -0.4 is 10.6 Å². The number of thiocarbonyl (C=S) groups is 1. The summed E-state index contributed by atoms with van der Waals surface area (Å²) in [4.78, 5) is 0. The number of hydrogen-bond donors (Lipinski definition) is 2. The van der Waals surface area contributed by atoms with Gasteiger partial charge in [0.1, 0.15) is 5.82 Å². The van der Waals surface area contributed by atoms with Crippen LogP contribution in [0.5, 0.6) is 0 Å². The maximum atomic E-state index is 13.0. The molecule has 4 rings (SSSR count). The predicted molar refractivity (Wildman–Crippen MR) is 120 cm³/mol. The summed E-state index contributed by atoms with van der Waals surface area (Å²) < 4.78 is 16.6. The minimum absolute atomic E-state index is 0.250. The van der Waals surface area contributed by atoms with Gasteiger partial charge in [0.25, 0.3) is 0 Å². The zero-order valence-corrected chi connectivity index (χ0v) is 17.2. The molecule has 2 aromatic carbocycles. The summed E-state index contributed by atoms with van der Waals surface area (Å²) in [7, 11) is 0. The van der Waals surface area contributed by atoms with Crippen molar-refractivity contribution in [1.82, 2.24) is 19.6 Å². The molecule has 0 amide bonds. The number of nitrogens with zero attached hydrogens (tertiary/aromatic N) is 4. The Bertz CT molecular complexity index is 1040. The Morgan fingerprint density at radius 1 is 0.933 bits per heavy atom. The van der Waals surface area contributed by atoms with Crippen molar-refractivity contribution in [3.63, 3.8) is 0 Å². The molecule has 0 saturated carbocycles. The highest BCUT2D eigenvalue weighted by Gasteiger charge is 2.05. The van der Waals surface area contributed by atoms with Crippen LogP contribution in [0.3, 0.4) is 0 Å². The maximum Gasteiger partial charge on any atom is 0.176 e. The quantitative estimate of drug-likeness (QED) is 0.452. The molecule has 0 fully saturated rings. The van der Waals surface area contributed by atoms with Gasteiger partial charge in [-0.1, -0.05) is 42.0 Å². The molecule has 0 atom stereocenters. The normalized spacial score (nSPS) is 10.7. The minimum Gasteiger partial charge on any atom is -0.330 e. The van der Waals surface area contributed by atoms with Crippen LogP contribution in [-0.4, -0.2) is 24.7 Å². The van der Waals surface area contributed by atoms with E-state index in [4.69, 9.17) is 12.2 Å². The number of nitrogens with one attached hydrogen (secondary N) is 2. The molecule has 8 heteroatoms. The summed E-state index contributed by atoms with van der Waals surface area (Å²) in [6.07, 6.45) is 5.48. The number of anilines is 2. The van der Waals surface area contributed by atoms with Crippen molar-refractivity contribution >= 4 is 28.8 Å². The second-order valence-corrected chi connectivity index (χ2v) is 7.42. The molecular formula is C22H21FN6S. The zero-order valence-electron chi connectivity index (χ0n) is 16.4. The summed E-state index contributed by atoms with van der Waals surface area (Å²) in [5.41, 5.74) is 4.18. The molecule has 2 aromatic heterocycles. The maximum absolute atomic E-state index is 13.0. The fourth-order valence-electron chi connectivity index (χ4n) is 2.97. The smallest absolute Gasteiger partial charge is 0.176 e. The summed E-state index contributed by atoms with van der Waals surface area (Å²) in [5, 5.41) is 15.4. The SMILES string of the molecule is Cc1ccc(Cn2cc(NC(=S)Nc3ccn(Cc4ccc(F)cc4)n3)cn2)cc1. The lowest BCUT2D eigenvalue weighted by molar-refractivity contribution is 0.624. The van der Waals surface area contributed by atoms with Crippen LogP contribution in [0.4, 0.5) is 15.9 Å². The van der Waals surface area contributed by atoms with Crippen molar-refractivity contribution in [2.75, 3.05) is 10.6 Å². The average Bonchev–Trinajstić information content (AvgIpc) is 3.35. The van der Waals surface area contributed by atoms with Crippen molar-refractivity contribution in [1.29, 1.82) is 0 Å². The molecular weight excluding hydrogens is 399 g/mol. The Hall–Kier alpha value is -3.52. The van der Waals surface area contributed by atoms with Gasteiger partial charge in [-0.25, -0.2) is 4.39 Å². The summed E-state index contributed by atoms with van der Waals surface area (Å²) in [6, 6.07) is 16.6. The minimum atomic E-state index is -0.250. The Labute approximate surface area is 179 Å². The Morgan fingerprint density at radius 2 is 1.60 bits per heavy atom. The fourth-order valence-corrected chi connectivity index (χ4v) is 3.19. The molecule has 4 aromatic rings. The molecule has 6 nitrogen and oxygen atoms in total. The van der Waals surface area contributed by atoms with Gasteiger partial charge in [0.05, 0.1) is 25.0 Å². The van der Waals surface area contributed by atoms with Gasteiger partial charge in [0.15, 0.2) is 10.9 Å². The number of aryl methyl sites for hydroxylation is 1. The Kier molecular flexibility index (Phi) is 5.85. The van der Waals surface area contributed by atoms with Crippen LogP contribution in [0.2, 0.25) is 0 Å². The molecule has 0 aliphatic carbocycles. The van der Waals surface area contributed by atoms with E-state index in [1.165, 1.54) is 23.3 Å². The third kappa shape index (κ3) is 5.30. The second-order valence-electron chi connectivity index (χ2n) is 7.02. The second kappa shape index (κ2) is 8.87. The van der Waals surface area contributed by atoms with Crippen molar-refractivity contribution < 1.29 is 4.39 Å². The van der Waals surface area contributed by atoms with Crippen LogP contribution in [-0.2, 0) is 13.1 Å². The third-order valence-electron chi connectivity index (χ3n) is 4.50. The van der Waals surface area contributed by atoms with Gasteiger partial charge in [-0.2, -0.15) is 10.2 Å².